The van der Waals surface area contributed by atoms with Gasteiger partial charge in [-0.3, -0.25) is 9.59 Å². The normalized spacial score (nSPS) is 17.6. The fraction of sp³-hybridized carbons (Fsp3) is 0.263. The van der Waals surface area contributed by atoms with Gasteiger partial charge in [0.2, 0.25) is 5.91 Å². The largest absolute Gasteiger partial charge is 0.497 e. The molecular formula is C19H19ClN2O3. The number of methoxy groups -OCH3 is 1. The molecule has 0 saturated carbocycles. The lowest BCUT2D eigenvalue weighted by atomic mass is 10.1. The first-order valence-electron chi connectivity index (χ1n) is 8.04. The van der Waals surface area contributed by atoms with Gasteiger partial charge in [0.25, 0.3) is 5.91 Å². The third-order valence-corrected chi connectivity index (χ3v) is 4.73. The van der Waals surface area contributed by atoms with Crippen molar-refractivity contribution < 1.29 is 14.3 Å². The minimum atomic E-state index is -0.556. The number of hydrogen-bond donors (Lipinski definition) is 0. The van der Waals surface area contributed by atoms with Crippen molar-refractivity contribution >= 4 is 29.1 Å². The molecule has 0 bridgehead atoms. The number of piperazine rings is 1. The Morgan fingerprint density at radius 2 is 1.80 bits per heavy atom. The molecule has 0 aromatic heterocycles. The van der Waals surface area contributed by atoms with E-state index in [0.29, 0.717) is 23.7 Å². The van der Waals surface area contributed by atoms with E-state index in [1.165, 1.54) is 0 Å². The molecule has 130 valence electrons. The topological polar surface area (TPSA) is 49.9 Å². The number of ether oxygens (including phenoxy) is 1. The van der Waals surface area contributed by atoms with Crippen molar-refractivity contribution in [2.45, 2.75) is 13.0 Å². The van der Waals surface area contributed by atoms with Crippen molar-refractivity contribution in [1.29, 1.82) is 0 Å². The van der Waals surface area contributed by atoms with Crippen molar-refractivity contribution in [3.05, 3.63) is 59.1 Å². The van der Waals surface area contributed by atoms with Crippen molar-refractivity contribution in [3.8, 4) is 5.75 Å². The average Bonchev–Trinajstić information content (AvgIpc) is 2.64. The molecule has 1 aliphatic rings. The van der Waals surface area contributed by atoms with E-state index < -0.39 is 6.04 Å². The van der Waals surface area contributed by atoms with E-state index in [1.807, 2.05) is 24.3 Å². The third-order valence-electron chi connectivity index (χ3n) is 4.40. The molecule has 0 N–H and O–H groups in total. The molecule has 0 unspecified atom stereocenters. The SMILES string of the molecule is COc1ccc(N2CCN(C(=O)c3ccccc3Cl)[C@@H](C)C2=O)cc1. The second-order valence-corrected chi connectivity index (χ2v) is 6.25. The zero-order chi connectivity index (χ0) is 18.0. The summed E-state index contributed by atoms with van der Waals surface area (Å²) in [6.07, 6.45) is 0. The van der Waals surface area contributed by atoms with E-state index in [2.05, 4.69) is 0 Å². The Morgan fingerprint density at radius 3 is 2.44 bits per heavy atom. The van der Waals surface area contributed by atoms with Crippen LogP contribution in [0.15, 0.2) is 48.5 Å². The summed E-state index contributed by atoms with van der Waals surface area (Å²) in [4.78, 5) is 28.8. The van der Waals surface area contributed by atoms with Crippen LogP contribution in [0, 0.1) is 0 Å². The van der Waals surface area contributed by atoms with Crippen molar-refractivity contribution in [1.82, 2.24) is 4.90 Å². The van der Waals surface area contributed by atoms with Gasteiger partial charge in [0.15, 0.2) is 0 Å². The molecule has 1 atom stereocenters. The van der Waals surface area contributed by atoms with E-state index in [1.54, 1.807) is 48.1 Å². The maximum Gasteiger partial charge on any atom is 0.256 e. The smallest absolute Gasteiger partial charge is 0.256 e. The van der Waals surface area contributed by atoms with Crippen molar-refractivity contribution in [2.24, 2.45) is 0 Å². The van der Waals surface area contributed by atoms with Gasteiger partial charge in [-0.25, -0.2) is 0 Å². The molecule has 2 amide bonds. The van der Waals surface area contributed by atoms with Crippen LogP contribution < -0.4 is 9.64 Å². The lowest BCUT2D eigenvalue weighted by Gasteiger charge is -2.39. The van der Waals surface area contributed by atoms with Crippen LogP contribution in [0.2, 0.25) is 5.02 Å². The van der Waals surface area contributed by atoms with Crippen LogP contribution in [0.3, 0.4) is 0 Å². The highest BCUT2D eigenvalue weighted by atomic mass is 35.5. The highest BCUT2D eigenvalue weighted by Gasteiger charge is 2.35. The lowest BCUT2D eigenvalue weighted by molar-refractivity contribution is -0.124. The van der Waals surface area contributed by atoms with Gasteiger partial charge in [-0.05, 0) is 43.3 Å². The third kappa shape index (κ3) is 3.33. The number of rotatable bonds is 3. The van der Waals surface area contributed by atoms with Gasteiger partial charge < -0.3 is 14.5 Å². The number of benzene rings is 2. The summed E-state index contributed by atoms with van der Waals surface area (Å²) >= 11 is 6.12. The maximum atomic E-state index is 12.8. The van der Waals surface area contributed by atoms with Gasteiger partial charge in [0, 0.05) is 18.8 Å². The van der Waals surface area contributed by atoms with Gasteiger partial charge in [-0.1, -0.05) is 23.7 Å². The molecule has 1 heterocycles. The summed E-state index contributed by atoms with van der Waals surface area (Å²) in [5, 5.41) is 0.393. The Labute approximate surface area is 151 Å². The molecule has 1 fully saturated rings. The predicted molar refractivity (Wildman–Crippen MR) is 97.3 cm³/mol. The van der Waals surface area contributed by atoms with Crippen LogP contribution >= 0.6 is 11.6 Å². The quantitative estimate of drug-likeness (QED) is 0.846. The number of carbonyl (C=O) groups is 2. The maximum absolute atomic E-state index is 12.8. The summed E-state index contributed by atoms with van der Waals surface area (Å²) in [6.45, 7) is 2.63. The molecule has 6 heteroatoms. The Bertz CT molecular complexity index is 792. The molecule has 25 heavy (non-hydrogen) atoms. The Morgan fingerprint density at radius 1 is 1.12 bits per heavy atom. The predicted octanol–water partition coefficient (Wildman–Crippen LogP) is 3.23. The highest BCUT2D eigenvalue weighted by Crippen LogP contribution is 2.25. The summed E-state index contributed by atoms with van der Waals surface area (Å²) in [5.41, 5.74) is 1.21. The Hall–Kier alpha value is -2.53. The number of amides is 2. The number of halogens is 1. The molecule has 0 spiro atoms. The number of anilines is 1. The zero-order valence-electron chi connectivity index (χ0n) is 14.1. The number of carbonyl (C=O) groups excluding carboxylic acids is 2. The van der Waals surface area contributed by atoms with E-state index in [9.17, 15) is 9.59 Å². The van der Waals surface area contributed by atoms with E-state index >= 15 is 0 Å². The number of nitrogens with zero attached hydrogens (tertiary/aromatic N) is 2. The molecule has 0 aliphatic carbocycles. The zero-order valence-corrected chi connectivity index (χ0v) is 14.9. The summed E-state index contributed by atoms with van der Waals surface area (Å²) in [5.74, 6) is 0.398. The second kappa shape index (κ2) is 7.15. The van der Waals surface area contributed by atoms with Crippen LogP contribution in [0.5, 0.6) is 5.75 Å². The molecule has 3 rings (SSSR count). The van der Waals surface area contributed by atoms with Crippen LogP contribution in [0.4, 0.5) is 5.69 Å². The van der Waals surface area contributed by atoms with Crippen LogP contribution in [-0.2, 0) is 4.79 Å². The monoisotopic (exact) mass is 358 g/mol. The minimum Gasteiger partial charge on any atom is -0.497 e. The van der Waals surface area contributed by atoms with Gasteiger partial charge in [-0.15, -0.1) is 0 Å². The van der Waals surface area contributed by atoms with E-state index in [4.69, 9.17) is 16.3 Å². The second-order valence-electron chi connectivity index (χ2n) is 5.84. The first-order chi connectivity index (χ1) is 12.0. The lowest BCUT2D eigenvalue weighted by Crippen LogP contribution is -2.57. The van der Waals surface area contributed by atoms with Gasteiger partial charge in [0.1, 0.15) is 11.8 Å². The van der Waals surface area contributed by atoms with Crippen molar-refractivity contribution in [3.63, 3.8) is 0 Å². The molecule has 2 aromatic rings. The molecular weight excluding hydrogens is 340 g/mol. The fourth-order valence-electron chi connectivity index (χ4n) is 2.96. The molecule has 0 radical (unpaired) electrons. The standard InChI is InChI=1S/C19H19ClN2O3/c1-13-18(23)22(14-7-9-15(25-2)10-8-14)12-11-21(13)19(24)16-5-3-4-6-17(16)20/h3-10,13H,11-12H2,1-2H3/t13-/m0/s1. The molecule has 5 nitrogen and oxygen atoms in total. The summed E-state index contributed by atoms with van der Waals surface area (Å²) in [6, 6.07) is 13.6. The summed E-state index contributed by atoms with van der Waals surface area (Å²) in [7, 11) is 1.60. The number of hydrogen-bond acceptors (Lipinski definition) is 3. The van der Waals surface area contributed by atoms with Crippen LogP contribution in [0.1, 0.15) is 17.3 Å². The minimum absolute atomic E-state index is 0.114. The summed E-state index contributed by atoms with van der Waals surface area (Å²) < 4.78 is 5.14. The molecule has 2 aromatic carbocycles. The molecule has 1 aliphatic heterocycles. The first-order valence-corrected chi connectivity index (χ1v) is 8.41. The highest BCUT2D eigenvalue weighted by molar-refractivity contribution is 6.33. The molecule has 1 saturated heterocycles. The van der Waals surface area contributed by atoms with Crippen molar-refractivity contribution in [2.75, 3.05) is 25.1 Å². The van der Waals surface area contributed by atoms with Crippen LogP contribution in [0.25, 0.3) is 0 Å². The van der Waals surface area contributed by atoms with E-state index in [-0.39, 0.29) is 11.8 Å². The Balaban J connectivity index is 1.79. The Kier molecular flexibility index (Phi) is 4.95. The van der Waals surface area contributed by atoms with Gasteiger partial charge >= 0.3 is 0 Å². The van der Waals surface area contributed by atoms with Gasteiger partial charge in [0.05, 0.1) is 17.7 Å². The average molecular weight is 359 g/mol. The van der Waals surface area contributed by atoms with E-state index in [0.717, 1.165) is 11.4 Å². The first kappa shape index (κ1) is 17.3. The fourth-order valence-corrected chi connectivity index (χ4v) is 3.17. The van der Waals surface area contributed by atoms with Crippen LogP contribution in [-0.4, -0.2) is 43.0 Å². The van der Waals surface area contributed by atoms with Gasteiger partial charge in [-0.2, -0.15) is 0 Å².